The molecule has 4 nitrogen and oxygen atoms in total. The number of likely N-dealkylation sites (tertiary alicyclic amines) is 2. The molecule has 5 heteroatoms. The highest BCUT2D eigenvalue weighted by Crippen LogP contribution is 2.33. The van der Waals surface area contributed by atoms with Gasteiger partial charge in [0.2, 0.25) is 5.91 Å². The highest BCUT2D eigenvalue weighted by atomic mass is 32.2. The van der Waals surface area contributed by atoms with Crippen LogP contribution in [0.5, 0.6) is 0 Å². The second-order valence-corrected chi connectivity index (χ2v) is 6.73. The van der Waals surface area contributed by atoms with Crippen LogP contribution in [-0.4, -0.2) is 66.0 Å². The number of thioether (sulfide) groups is 1. The van der Waals surface area contributed by atoms with E-state index in [1.54, 1.807) is 0 Å². The molecular weight excluding hydrogens is 246 g/mol. The van der Waals surface area contributed by atoms with Crippen molar-refractivity contribution in [3.05, 3.63) is 0 Å². The maximum absolute atomic E-state index is 12.1. The van der Waals surface area contributed by atoms with Gasteiger partial charge in [0, 0.05) is 37.5 Å². The summed E-state index contributed by atoms with van der Waals surface area (Å²) >= 11 is 1.89. The predicted molar refractivity (Wildman–Crippen MR) is 76.8 cm³/mol. The van der Waals surface area contributed by atoms with Gasteiger partial charge in [0.25, 0.3) is 0 Å². The normalized spacial score (nSPS) is 24.4. The van der Waals surface area contributed by atoms with Crippen LogP contribution in [0.4, 0.5) is 0 Å². The lowest BCUT2D eigenvalue weighted by molar-refractivity contribution is -0.131. The van der Waals surface area contributed by atoms with Gasteiger partial charge >= 0.3 is 0 Å². The minimum Gasteiger partial charge on any atom is -0.342 e. The molecule has 18 heavy (non-hydrogen) atoms. The van der Waals surface area contributed by atoms with Crippen LogP contribution in [0.15, 0.2) is 0 Å². The monoisotopic (exact) mass is 271 g/mol. The minimum atomic E-state index is 0.257. The average molecular weight is 271 g/mol. The molecule has 0 bridgehead atoms. The smallest absolute Gasteiger partial charge is 0.236 e. The molecule has 0 saturated carbocycles. The Balaban J connectivity index is 1.77. The van der Waals surface area contributed by atoms with Gasteiger partial charge in [-0.1, -0.05) is 0 Å². The summed E-state index contributed by atoms with van der Waals surface area (Å²) in [5.74, 6) is 0.317. The van der Waals surface area contributed by atoms with E-state index < -0.39 is 0 Å². The van der Waals surface area contributed by atoms with E-state index in [0.29, 0.717) is 12.5 Å². The molecule has 1 amide bonds. The third kappa shape index (κ3) is 3.19. The fourth-order valence-corrected chi connectivity index (χ4v) is 3.63. The van der Waals surface area contributed by atoms with Gasteiger partial charge in [-0.2, -0.15) is 11.8 Å². The largest absolute Gasteiger partial charge is 0.342 e. The number of carbonyl (C=O) groups is 1. The molecular formula is C13H25N3OS. The molecule has 0 aliphatic carbocycles. The van der Waals surface area contributed by atoms with Gasteiger partial charge in [0.05, 0.1) is 6.54 Å². The Morgan fingerprint density at radius 3 is 2.33 bits per heavy atom. The first-order valence-corrected chi connectivity index (χ1v) is 8.17. The van der Waals surface area contributed by atoms with Crippen LogP contribution in [0.25, 0.3) is 0 Å². The highest BCUT2D eigenvalue weighted by molar-refractivity contribution is 8.00. The standard InChI is InChI=1S/C13H25N3OS/c1-18-13(11-14)4-8-15(9-5-13)10-12(17)16-6-2-3-7-16/h2-11,14H2,1H3. The zero-order valence-electron chi connectivity index (χ0n) is 11.4. The van der Waals surface area contributed by atoms with Gasteiger partial charge in [-0.15, -0.1) is 0 Å². The van der Waals surface area contributed by atoms with Gasteiger partial charge in [-0.25, -0.2) is 0 Å². The first kappa shape index (κ1) is 14.2. The van der Waals surface area contributed by atoms with Crippen LogP contribution in [0.2, 0.25) is 0 Å². The van der Waals surface area contributed by atoms with Gasteiger partial charge in [-0.3, -0.25) is 9.69 Å². The van der Waals surface area contributed by atoms with E-state index >= 15 is 0 Å². The molecule has 0 aromatic rings. The van der Waals surface area contributed by atoms with E-state index in [1.807, 2.05) is 16.7 Å². The van der Waals surface area contributed by atoms with Crippen molar-refractivity contribution in [2.24, 2.45) is 5.73 Å². The molecule has 0 spiro atoms. The maximum atomic E-state index is 12.1. The van der Waals surface area contributed by atoms with Crippen molar-refractivity contribution in [2.75, 3.05) is 45.5 Å². The van der Waals surface area contributed by atoms with E-state index in [0.717, 1.165) is 45.6 Å². The molecule has 0 aromatic carbocycles. The highest BCUT2D eigenvalue weighted by Gasteiger charge is 2.33. The zero-order chi connectivity index (χ0) is 13.0. The molecule has 0 radical (unpaired) electrons. The number of carbonyl (C=O) groups excluding carboxylic acids is 1. The molecule has 2 rings (SSSR count). The van der Waals surface area contributed by atoms with Gasteiger partial charge < -0.3 is 10.6 Å². The Labute approximate surface area is 114 Å². The Morgan fingerprint density at radius 2 is 1.83 bits per heavy atom. The first-order chi connectivity index (χ1) is 8.69. The minimum absolute atomic E-state index is 0.257. The summed E-state index contributed by atoms with van der Waals surface area (Å²) in [5, 5.41) is 0. The molecule has 2 fully saturated rings. The molecule has 2 N–H and O–H groups in total. The van der Waals surface area contributed by atoms with E-state index in [1.165, 1.54) is 12.8 Å². The van der Waals surface area contributed by atoms with E-state index in [9.17, 15) is 4.79 Å². The van der Waals surface area contributed by atoms with Crippen LogP contribution in [0, 0.1) is 0 Å². The van der Waals surface area contributed by atoms with Crippen molar-refractivity contribution in [2.45, 2.75) is 30.4 Å². The number of piperidine rings is 1. The SMILES string of the molecule is CSC1(CN)CCN(CC(=O)N2CCCC2)CC1. The second kappa shape index (κ2) is 6.26. The first-order valence-electron chi connectivity index (χ1n) is 6.94. The Kier molecular flexibility index (Phi) is 4.92. The summed E-state index contributed by atoms with van der Waals surface area (Å²) in [6.45, 7) is 5.31. The lowest BCUT2D eigenvalue weighted by Gasteiger charge is -2.40. The number of hydrogen-bond donors (Lipinski definition) is 1. The average Bonchev–Trinajstić information content (AvgIpc) is 2.94. The quantitative estimate of drug-likeness (QED) is 0.820. The summed E-state index contributed by atoms with van der Waals surface area (Å²) < 4.78 is 0.257. The number of nitrogens with two attached hydrogens (primary N) is 1. The molecule has 2 heterocycles. The summed E-state index contributed by atoms with van der Waals surface area (Å²) in [5.41, 5.74) is 5.88. The number of hydrogen-bond acceptors (Lipinski definition) is 4. The van der Waals surface area contributed by atoms with Crippen molar-refractivity contribution in [1.29, 1.82) is 0 Å². The van der Waals surface area contributed by atoms with Gasteiger partial charge in [-0.05, 0) is 31.9 Å². The number of nitrogens with zero attached hydrogens (tertiary/aromatic N) is 2. The van der Waals surface area contributed by atoms with Crippen LogP contribution >= 0.6 is 11.8 Å². The third-order valence-electron chi connectivity index (χ3n) is 4.39. The summed E-state index contributed by atoms with van der Waals surface area (Å²) in [6.07, 6.45) is 6.72. The Morgan fingerprint density at radius 1 is 1.22 bits per heavy atom. The van der Waals surface area contributed by atoms with Crippen LogP contribution in [0.3, 0.4) is 0 Å². The third-order valence-corrected chi connectivity index (χ3v) is 5.83. The topological polar surface area (TPSA) is 49.6 Å². The molecule has 0 atom stereocenters. The van der Waals surface area contributed by atoms with Crippen molar-refractivity contribution < 1.29 is 4.79 Å². The van der Waals surface area contributed by atoms with Crippen LogP contribution in [-0.2, 0) is 4.79 Å². The lowest BCUT2D eigenvalue weighted by Crippen LogP contribution is -2.49. The van der Waals surface area contributed by atoms with E-state index in [-0.39, 0.29) is 4.75 Å². The Bertz CT molecular complexity index is 278. The Hall–Kier alpha value is -0.260. The number of amides is 1. The summed E-state index contributed by atoms with van der Waals surface area (Å²) in [4.78, 5) is 16.4. The molecule has 0 aromatic heterocycles. The van der Waals surface area contributed by atoms with Crippen molar-refractivity contribution in [3.8, 4) is 0 Å². The fourth-order valence-electron chi connectivity index (χ4n) is 2.87. The van der Waals surface area contributed by atoms with Crippen molar-refractivity contribution >= 4 is 17.7 Å². The van der Waals surface area contributed by atoms with Crippen LogP contribution < -0.4 is 5.73 Å². The maximum Gasteiger partial charge on any atom is 0.236 e. The van der Waals surface area contributed by atoms with Crippen molar-refractivity contribution in [3.63, 3.8) is 0 Å². The molecule has 104 valence electrons. The molecule has 2 aliphatic rings. The summed E-state index contributed by atoms with van der Waals surface area (Å²) in [7, 11) is 0. The van der Waals surface area contributed by atoms with Gasteiger partial charge in [0.1, 0.15) is 0 Å². The fraction of sp³-hybridized carbons (Fsp3) is 0.923. The lowest BCUT2D eigenvalue weighted by atomic mass is 9.96. The summed E-state index contributed by atoms with van der Waals surface area (Å²) in [6, 6.07) is 0. The van der Waals surface area contributed by atoms with Crippen LogP contribution in [0.1, 0.15) is 25.7 Å². The zero-order valence-corrected chi connectivity index (χ0v) is 12.2. The van der Waals surface area contributed by atoms with E-state index in [4.69, 9.17) is 5.73 Å². The van der Waals surface area contributed by atoms with Gasteiger partial charge in [0.15, 0.2) is 0 Å². The predicted octanol–water partition coefficient (Wildman–Crippen LogP) is 0.765. The van der Waals surface area contributed by atoms with E-state index in [2.05, 4.69) is 11.2 Å². The molecule has 2 aliphatic heterocycles. The molecule has 2 saturated heterocycles. The second-order valence-electron chi connectivity index (χ2n) is 5.46. The molecule has 0 unspecified atom stereocenters. The van der Waals surface area contributed by atoms with Crippen molar-refractivity contribution in [1.82, 2.24) is 9.80 Å². The number of rotatable bonds is 4.